The number of rotatable bonds is 5. The summed E-state index contributed by atoms with van der Waals surface area (Å²) in [6, 6.07) is 3.12. The number of nitrogen functional groups attached to an aromatic ring is 1. The maximum Gasteiger partial charge on any atom is 0.416 e. The van der Waals surface area contributed by atoms with Crippen LogP contribution in [-0.2, 0) is 6.18 Å². The fourth-order valence-corrected chi connectivity index (χ4v) is 2.04. The number of nitrogens with two attached hydrogens (primary N) is 1. The van der Waals surface area contributed by atoms with E-state index in [1.165, 1.54) is 12.4 Å². The molecule has 1 aromatic carbocycles. The van der Waals surface area contributed by atoms with Crippen LogP contribution in [0.3, 0.4) is 0 Å². The molecule has 1 atom stereocenters. The Hall–Kier alpha value is -2.22. The number of benzene rings is 1. The first kappa shape index (κ1) is 18.1. The minimum atomic E-state index is -4.47. The Balaban J connectivity index is 2.33. The SMILES string of the molecule is CCC(C)Nc1ncnc(Nc2cc(C(F)(F)F)ccc2Cl)c1N. The van der Waals surface area contributed by atoms with E-state index in [2.05, 4.69) is 20.6 Å². The van der Waals surface area contributed by atoms with Gasteiger partial charge in [-0.15, -0.1) is 0 Å². The van der Waals surface area contributed by atoms with Gasteiger partial charge in [0.25, 0.3) is 0 Å². The topological polar surface area (TPSA) is 75.9 Å². The van der Waals surface area contributed by atoms with E-state index in [-0.39, 0.29) is 28.3 Å². The molecule has 0 aliphatic carbocycles. The summed E-state index contributed by atoms with van der Waals surface area (Å²) in [6.45, 7) is 3.95. The molecule has 4 N–H and O–H groups in total. The van der Waals surface area contributed by atoms with Crippen molar-refractivity contribution >= 4 is 34.6 Å². The highest BCUT2D eigenvalue weighted by Gasteiger charge is 2.31. The summed E-state index contributed by atoms with van der Waals surface area (Å²) in [6.07, 6.45) is -2.35. The highest BCUT2D eigenvalue weighted by atomic mass is 35.5. The van der Waals surface area contributed by atoms with Gasteiger partial charge < -0.3 is 16.4 Å². The molecule has 0 aliphatic heterocycles. The van der Waals surface area contributed by atoms with Gasteiger partial charge >= 0.3 is 6.18 Å². The van der Waals surface area contributed by atoms with Crippen molar-refractivity contribution in [3.05, 3.63) is 35.1 Å². The molecule has 0 radical (unpaired) electrons. The van der Waals surface area contributed by atoms with E-state index in [1.54, 1.807) is 0 Å². The van der Waals surface area contributed by atoms with E-state index < -0.39 is 11.7 Å². The smallest absolute Gasteiger partial charge is 0.393 e. The molecule has 0 saturated carbocycles. The second-order valence-electron chi connectivity index (χ2n) is 5.26. The fraction of sp³-hybridized carbons (Fsp3) is 0.333. The highest BCUT2D eigenvalue weighted by Crippen LogP contribution is 2.36. The van der Waals surface area contributed by atoms with Gasteiger partial charge in [-0.25, -0.2) is 9.97 Å². The summed E-state index contributed by atoms with van der Waals surface area (Å²) >= 11 is 5.97. The lowest BCUT2D eigenvalue weighted by atomic mass is 10.2. The largest absolute Gasteiger partial charge is 0.416 e. The van der Waals surface area contributed by atoms with Gasteiger partial charge in [-0.1, -0.05) is 18.5 Å². The quantitative estimate of drug-likeness (QED) is 0.722. The summed E-state index contributed by atoms with van der Waals surface area (Å²) in [5.41, 5.74) is 5.44. The Labute approximate surface area is 142 Å². The summed E-state index contributed by atoms with van der Waals surface area (Å²) in [5.74, 6) is 0.585. The molecule has 0 aliphatic rings. The minimum Gasteiger partial charge on any atom is -0.393 e. The molecule has 5 nitrogen and oxygen atoms in total. The van der Waals surface area contributed by atoms with Gasteiger partial charge in [-0.05, 0) is 31.5 Å². The van der Waals surface area contributed by atoms with Crippen LogP contribution >= 0.6 is 11.6 Å². The molecular formula is C15H17ClF3N5. The molecule has 0 spiro atoms. The maximum absolute atomic E-state index is 12.8. The number of halogens is 4. The highest BCUT2D eigenvalue weighted by molar-refractivity contribution is 6.33. The Kier molecular flexibility index (Phi) is 5.38. The monoisotopic (exact) mass is 359 g/mol. The van der Waals surface area contributed by atoms with Crippen molar-refractivity contribution in [3.8, 4) is 0 Å². The molecule has 2 rings (SSSR count). The average Bonchev–Trinajstić information content (AvgIpc) is 2.52. The molecule has 0 fully saturated rings. The van der Waals surface area contributed by atoms with Crippen LogP contribution in [0.15, 0.2) is 24.5 Å². The van der Waals surface area contributed by atoms with E-state index in [0.717, 1.165) is 18.6 Å². The first-order valence-corrected chi connectivity index (χ1v) is 7.61. The zero-order valence-electron chi connectivity index (χ0n) is 13.1. The van der Waals surface area contributed by atoms with Gasteiger partial charge in [0, 0.05) is 6.04 Å². The predicted molar refractivity (Wildman–Crippen MR) is 89.6 cm³/mol. The molecule has 0 amide bonds. The van der Waals surface area contributed by atoms with Crippen LogP contribution < -0.4 is 16.4 Å². The van der Waals surface area contributed by atoms with Gasteiger partial charge in [0.15, 0.2) is 11.6 Å². The van der Waals surface area contributed by atoms with Crippen molar-refractivity contribution in [2.45, 2.75) is 32.5 Å². The maximum atomic E-state index is 12.8. The van der Waals surface area contributed by atoms with Gasteiger partial charge in [0.05, 0.1) is 16.3 Å². The van der Waals surface area contributed by atoms with Crippen molar-refractivity contribution in [1.29, 1.82) is 0 Å². The van der Waals surface area contributed by atoms with Crippen molar-refractivity contribution in [3.63, 3.8) is 0 Å². The van der Waals surface area contributed by atoms with Gasteiger partial charge in [0.2, 0.25) is 0 Å². The van der Waals surface area contributed by atoms with Crippen LogP contribution in [-0.4, -0.2) is 16.0 Å². The summed E-state index contributed by atoms with van der Waals surface area (Å²) in [5, 5.41) is 5.97. The molecule has 0 saturated heterocycles. The molecule has 0 bridgehead atoms. The normalized spacial score (nSPS) is 12.8. The number of hydrogen-bond acceptors (Lipinski definition) is 5. The Morgan fingerprint density at radius 3 is 2.54 bits per heavy atom. The zero-order valence-corrected chi connectivity index (χ0v) is 13.8. The Morgan fingerprint density at radius 1 is 1.25 bits per heavy atom. The van der Waals surface area contributed by atoms with Crippen LogP contribution in [0.5, 0.6) is 0 Å². The van der Waals surface area contributed by atoms with Crippen LogP contribution in [0, 0.1) is 0 Å². The fourth-order valence-electron chi connectivity index (χ4n) is 1.87. The van der Waals surface area contributed by atoms with Crippen molar-refractivity contribution in [2.75, 3.05) is 16.4 Å². The lowest BCUT2D eigenvalue weighted by molar-refractivity contribution is -0.137. The third-order valence-electron chi connectivity index (χ3n) is 3.43. The van der Waals surface area contributed by atoms with E-state index in [4.69, 9.17) is 17.3 Å². The predicted octanol–water partition coefficient (Wildman–Crippen LogP) is 4.69. The number of nitrogens with zero attached hydrogens (tertiary/aromatic N) is 2. The first-order chi connectivity index (χ1) is 11.2. The van der Waals surface area contributed by atoms with E-state index in [9.17, 15) is 13.2 Å². The molecule has 9 heteroatoms. The van der Waals surface area contributed by atoms with Crippen LogP contribution in [0.1, 0.15) is 25.8 Å². The molecular weight excluding hydrogens is 343 g/mol. The molecule has 2 aromatic rings. The number of hydrogen-bond donors (Lipinski definition) is 3. The second-order valence-corrected chi connectivity index (χ2v) is 5.66. The van der Waals surface area contributed by atoms with E-state index in [0.29, 0.717) is 5.82 Å². The Bertz CT molecular complexity index is 721. The number of nitrogens with one attached hydrogen (secondary N) is 2. The zero-order chi connectivity index (χ0) is 17.9. The van der Waals surface area contributed by atoms with Crippen molar-refractivity contribution in [2.24, 2.45) is 0 Å². The van der Waals surface area contributed by atoms with Gasteiger partial charge in [-0.2, -0.15) is 13.2 Å². The van der Waals surface area contributed by atoms with Crippen molar-refractivity contribution < 1.29 is 13.2 Å². The van der Waals surface area contributed by atoms with Gasteiger partial charge in [-0.3, -0.25) is 0 Å². The third kappa shape index (κ3) is 4.19. The second kappa shape index (κ2) is 7.12. The van der Waals surface area contributed by atoms with Gasteiger partial charge in [0.1, 0.15) is 12.0 Å². The lowest BCUT2D eigenvalue weighted by Gasteiger charge is -2.17. The first-order valence-electron chi connectivity index (χ1n) is 7.23. The molecule has 1 heterocycles. The standard InChI is InChI=1S/C15H17ClF3N5/c1-3-8(2)23-13-12(20)14(22-7-21-13)24-11-6-9(15(17,18)19)4-5-10(11)16/h4-8H,3,20H2,1-2H3,(H2,21,22,23,24). The minimum absolute atomic E-state index is 0.0615. The van der Waals surface area contributed by atoms with Crippen LogP contribution in [0.4, 0.5) is 36.2 Å². The van der Waals surface area contributed by atoms with Crippen molar-refractivity contribution in [1.82, 2.24) is 9.97 Å². The van der Waals surface area contributed by atoms with Crippen LogP contribution in [0.25, 0.3) is 0 Å². The molecule has 24 heavy (non-hydrogen) atoms. The number of anilines is 4. The summed E-state index contributed by atoms with van der Waals surface area (Å²) in [4.78, 5) is 8.02. The van der Waals surface area contributed by atoms with E-state index >= 15 is 0 Å². The number of aromatic nitrogens is 2. The summed E-state index contributed by atoms with van der Waals surface area (Å²) in [7, 11) is 0. The molecule has 130 valence electrons. The average molecular weight is 360 g/mol. The Morgan fingerprint density at radius 2 is 1.92 bits per heavy atom. The molecule has 1 aromatic heterocycles. The lowest BCUT2D eigenvalue weighted by Crippen LogP contribution is -2.16. The summed E-state index contributed by atoms with van der Waals surface area (Å²) < 4.78 is 38.5. The number of alkyl halides is 3. The third-order valence-corrected chi connectivity index (χ3v) is 3.76. The molecule has 1 unspecified atom stereocenters. The van der Waals surface area contributed by atoms with Crippen LogP contribution in [0.2, 0.25) is 5.02 Å². The van der Waals surface area contributed by atoms with E-state index in [1.807, 2.05) is 13.8 Å².